The van der Waals surface area contributed by atoms with Crippen molar-refractivity contribution >= 4 is 38.3 Å². The molecule has 0 aliphatic carbocycles. The Labute approximate surface area is 213 Å². The number of rotatable bonds is 5. The first kappa shape index (κ1) is 22.6. The second-order valence-electron chi connectivity index (χ2n) is 10.1. The van der Waals surface area contributed by atoms with Crippen LogP contribution in [-0.4, -0.2) is 77.2 Å². The molecular weight excluding hydrogens is 475 g/mol. The van der Waals surface area contributed by atoms with Gasteiger partial charge in [-0.15, -0.1) is 11.3 Å². The number of benzene rings is 1. The largest absolute Gasteiger partial charge is 0.378 e. The van der Waals surface area contributed by atoms with E-state index in [1.807, 2.05) is 23.6 Å². The van der Waals surface area contributed by atoms with Gasteiger partial charge in [0.05, 0.1) is 35.2 Å². The maximum Gasteiger partial charge on any atom is 0.165 e. The van der Waals surface area contributed by atoms with E-state index in [0.29, 0.717) is 30.8 Å². The molecule has 0 bridgehead atoms. The zero-order valence-corrected chi connectivity index (χ0v) is 21.2. The first-order valence-corrected chi connectivity index (χ1v) is 14.0. The average molecular weight is 507 g/mol. The predicted octanol–water partition coefficient (Wildman–Crippen LogP) is 5.01. The number of hydrogen-bond acceptors (Lipinski definition) is 7. The molecule has 1 atom stereocenters. The fourth-order valence-corrected chi connectivity index (χ4v) is 7.12. The molecule has 3 aliphatic rings. The minimum atomic E-state index is -0.295. The Morgan fingerprint density at radius 2 is 1.69 bits per heavy atom. The van der Waals surface area contributed by atoms with Crippen molar-refractivity contribution in [2.45, 2.75) is 31.8 Å². The minimum absolute atomic E-state index is 0.295. The summed E-state index contributed by atoms with van der Waals surface area (Å²) in [6.07, 6.45) is 7.24. The quantitative estimate of drug-likeness (QED) is 0.411. The number of nitrogens with one attached hydrogen (secondary N) is 1. The zero-order valence-electron chi connectivity index (χ0n) is 20.4. The summed E-state index contributed by atoms with van der Waals surface area (Å²) in [5, 5.41) is 0.810. The molecule has 3 aliphatic heterocycles. The molecule has 0 saturated carbocycles. The summed E-state index contributed by atoms with van der Waals surface area (Å²) in [7, 11) is 0. The van der Waals surface area contributed by atoms with Crippen LogP contribution < -0.4 is 4.90 Å². The van der Waals surface area contributed by atoms with Crippen molar-refractivity contribution in [2.24, 2.45) is 0 Å². The van der Waals surface area contributed by atoms with Crippen LogP contribution in [0.5, 0.6) is 0 Å². The van der Waals surface area contributed by atoms with E-state index in [1.54, 1.807) is 6.07 Å². The van der Waals surface area contributed by atoms with Crippen molar-refractivity contribution in [2.75, 3.05) is 57.4 Å². The Hall–Kier alpha value is -2.59. The van der Waals surface area contributed by atoms with Crippen LogP contribution in [-0.2, 0) is 4.74 Å². The third kappa shape index (κ3) is 3.89. The molecule has 7 rings (SSSR count). The molecule has 1 N–H and O–H groups in total. The SMILES string of the molecule is Fc1ccc2[nH]ccc2c1-c1nc(N2CCOCC2)c2sc(C(N3CCCCC3)N3CCC3)cc2n1. The Kier molecular flexibility index (Phi) is 5.88. The second kappa shape index (κ2) is 9.37. The van der Waals surface area contributed by atoms with Crippen LogP contribution in [0.2, 0.25) is 0 Å². The zero-order chi connectivity index (χ0) is 24.1. The monoisotopic (exact) mass is 506 g/mol. The number of halogens is 1. The van der Waals surface area contributed by atoms with E-state index >= 15 is 4.39 Å². The third-order valence-electron chi connectivity index (χ3n) is 7.82. The lowest BCUT2D eigenvalue weighted by Gasteiger charge is -2.45. The summed E-state index contributed by atoms with van der Waals surface area (Å²) in [5.74, 6) is 1.06. The van der Waals surface area contributed by atoms with Crippen molar-refractivity contribution in [1.29, 1.82) is 0 Å². The minimum Gasteiger partial charge on any atom is -0.378 e. The van der Waals surface area contributed by atoms with Gasteiger partial charge in [0.1, 0.15) is 5.82 Å². The molecular formula is C27H31FN6OS. The van der Waals surface area contributed by atoms with Crippen LogP contribution in [0.1, 0.15) is 36.7 Å². The highest BCUT2D eigenvalue weighted by Gasteiger charge is 2.33. The van der Waals surface area contributed by atoms with Crippen LogP contribution in [0.25, 0.3) is 32.5 Å². The Balaban J connectivity index is 1.39. The smallest absolute Gasteiger partial charge is 0.165 e. The van der Waals surface area contributed by atoms with Crippen LogP contribution in [0, 0.1) is 5.82 Å². The number of thiophene rings is 1. The number of ether oxygens (including phenoxy) is 1. The van der Waals surface area contributed by atoms with E-state index in [1.165, 1.54) is 36.6 Å². The first-order chi connectivity index (χ1) is 17.8. The molecule has 36 heavy (non-hydrogen) atoms. The third-order valence-corrected chi connectivity index (χ3v) is 8.98. The fraction of sp³-hybridized carbons (Fsp3) is 0.481. The summed E-state index contributed by atoms with van der Waals surface area (Å²) in [4.78, 5) is 22.1. The van der Waals surface area contributed by atoms with E-state index < -0.39 is 0 Å². The van der Waals surface area contributed by atoms with Crippen LogP contribution in [0.15, 0.2) is 30.5 Å². The number of aromatic nitrogens is 3. The molecule has 1 unspecified atom stereocenters. The topological polar surface area (TPSA) is 60.5 Å². The molecule has 9 heteroatoms. The van der Waals surface area contributed by atoms with Gasteiger partial charge >= 0.3 is 0 Å². The number of likely N-dealkylation sites (tertiary alicyclic amines) is 2. The summed E-state index contributed by atoms with van der Waals surface area (Å²) < 4.78 is 22.0. The number of hydrogen-bond donors (Lipinski definition) is 1. The molecule has 3 saturated heterocycles. The van der Waals surface area contributed by atoms with Gasteiger partial charge in [-0.3, -0.25) is 9.80 Å². The van der Waals surface area contributed by atoms with Crippen LogP contribution in [0.4, 0.5) is 10.2 Å². The number of fused-ring (bicyclic) bond motifs is 2. The van der Waals surface area contributed by atoms with Gasteiger partial charge in [-0.25, -0.2) is 14.4 Å². The van der Waals surface area contributed by atoms with Crippen LogP contribution >= 0.6 is 11.3 Å². The highest BCUT2D eigenvalue weighted by atomic mass is 32.1. The van der Waals surface area contributed by atoms with Crippen molar-refractivity contribution < 1.29 is 9.13 Å². The molecule has 1 aromatic carbocycles. The predicted molar refractivity (Wildman–Crippen MR) is 142 cm³/mol. The average Bonchev–Trinajstić information content (AvgIpc) is 3.53. The van der Waals surface area contributed by atoms with Gasteiger partial charge in [0.25, 0.3) is 0 Å². The number of aromatic amines is 1. The Morgan fingerprint density at radius 3 is 2.44 bits per heavy atom. The Morgan fingerprint density at radius 1 is 0.917 bits per heavy atom. The molecule has 6 heterocycles. The number of piperidine rings is 1. The first-order valence-electron chi connectivity index (χ1n) is 13.1. The normalized spacial score (nSPS) is 20.8. The van der Waals surface area contributed by atoms with Gasteiger partial charge in [-0.2, -0.15) is 0 Å². The molecule has 0 amide bonds. The van der Waals surface area contributed by atoms with E-state index in [0.717, 1.165) is 66.2 Å². The number of anilines is 1. The lowest BCUT2D eigenvalue weighted by Crippen LogP contribution is -2.49. The van der Waals surface area contributed by atoms with Gasteiger partial charge in [0, 0.05) is 48.2 Å². The highest BCUT2D eigenvalue weighted by Crippen LogP contribution is 2.42. The van der Waals surface area contributed by atoms with Crippen molar-refractivity contribution in [1.82, 2.24) is 24.8 Å². The van der Waals surface area contributed by atoms with Gasteiger partial charge < -0.3 is 14.6 Å². The summed E-state index contributed by atoms with van der Waals surface area (Å²) in [6.45, 7) is 7.46. The number of H-pyrrole nitrogens is 1. The van der Waals surface area contributed by atoms with Gasteiger partial charge in [-0.1, -0.05) is 6.42 Å². The second-order valence-corrected chi connectivity index (χ2v) is 11.1. The number of morpholine rings is 1. The van der Waals surface area contributed by atoms with Crippen LogP contribution in [0.3, 0.4) is 0 Å². The molecule has 0 radical (unpaired) electrons. The van der Waals surface area contributed by atoms with Gasteiger partial charge in [-0.05, 0) is 56.6 Å². The lowest BCUT2D eigenvalue weighted by molar-refractivity contribution is -0.00763. The molecule has 3 aromatic heterocycles. The highest BCUT2D eigenvalue weighted by molar-refractivity contribution is 7.19. The molecule has 188 valence electrons. The molecule has 0 spiro atoms. The summed E-state index contributed by atoms with van der Waals surface area (Å²) in [6, 6.07) is 7.44. The van der Waals surface area contributed by atoms with Gasteiger partial charge in [0.2, 0.25) is 0 Å². The van der Waals surface area contributed by atoms with E-state index in [-0.39, 0.29) is 5.82 Å². The molecule has 3 fully saturated rings. The van der Waals surface area contributed by atoms with Gasteiger partial charge in [0.15, 0.2) is 11.6 Å². The number of nitrogens with zero attached hydrogens (tertiary/aromatic N) is 5. The van der Waals surface area contributed by atoms with E-state index in [2.05, 4.69) is 25.8 Å². The van der Waals surface area contributed by atoms with E-state index in [9.17, 15) is 0 Å². The van der Waals surface area contributed by atoms with Crippen molar-refractivity contribution in [3.63, 3.8) is 0 Å². The fourth-order valence-electron chi connectivity index (χ4n) is 5.83. The standard InChI is InChI=1S/C27H31FN6OS/c28-19-5-6-20-18(7-8-29-20)23(19)25-30-21-17-22(27(34-11-4-12-34)33-9-2-1-3-10-33)36-24(21)26(31-25)32-13-15-35-16-14-32/h5-8,17,27,29H,1-4,9-16H2. The summed E-state index contributed by atoms with van der Waals surface area (Å²) in [5.41, 5.74) is 2.26. The maximum absolute atomic E-state index is 15.3. The Bertz CT molecular complexity index is 1390. The molecule has 7 nitrogen and oxygen atoms in total. The summed E-state index contributed by atoms with van der Waals surface area (Å²) >= 11 is 1.82. The van der Waals surface area contributed by atoms with Crippen molar-refractivity contribution in [3.8, 4) is 11.4 Å². The maximum atomic E-state index is 15.3. The van der Waals surface area contributed by atoms with E-state index in [4.69, 9.17) is 14.7 Å². The lowest BCUT2D eigenvalue weighted by atomic mass is 10.1. The van der Waals surface area contributed by atoms with Crippen molar-refractivity contribution in [3.05, 3.63) is 41.2 Å². The molecule has 4 aromatic rings.